The van der Waals surface area contributed by atoms with Crippen molar-refractivity contribution in [1.29, 1.82) is 0 Å². The fourth-order valence-electron chi connectivity index (χ4n) is 2.07. The van der Waals surface area contributed by atoms with Crippen molar-refractivity contribution in [2.24, 2.45) is 5.73 Å². The molecule has 10 heavy (non-hydrogen) atoms. The number of hydrogen-bond acceptors (Lipinski definition) is 2. The Morgan fingerprint density at radius 3 is 3.10 bits per heavy atom. The molecule has 1 heterocycles. The van der Waals surface area contributed by atoms with Crippen LogP contribution in [0.4, 0.5) is 0 Å². The summed E-state index contributed by atoms with van der Waals surface area (Å²) in [6.07, 6.45) is 2.37. The van der Waals surface area contributed by atoms with Gasteiger partial charge in [-0.25, -0.2) is 0 Å². The van der Waals surface area contributed by atoms with Gasteiger partial charge < -0.3 is 11.1 Å². The first kappa shape index (κ1) is 6.38. The molecule has 1 saturated heterocycles. The van der Waals surface area contributed by atoms with E-state index in [-0.39, 0.29) is 5.54 Å². The molecule has 0 aromatic carbocycles. The topological polar surface area (TPSA) is 38.0 Å². The molecule has 2 nitrogen and oxygen atoms in total. The number of nitrogens with two attached hydrogens (primary N) is 1. The first-order chi connectivity index (χ1) is 4.72. The molecule has 1 aliphatic heterocycles. The van der Waals surface area contributed by atoms with Crippen LogP contribution in [0, 0.1) is 0 Å². The lowest BCUT2D eigenvalue weighted by molar-refractivity contribution is 0.522. The largest absolute Gasteiger partial charge is 0.321 e. The summed E-state index contributed by atoms with van der Waals surface area (Å²) in [6, 6.07) is 0. The zero-order valence-corrected chi connectivity index (χ0v) is 6.41. The van der Waals surface area contributed by atoms with E-state index in [4.69, 9.17) is 5.73 Å². The van der Waals surface area contributed by atoms with Crippen LogP contribution in [0.3, 0.4) is 0 Å². The maximum atomic E-state index is 6.13. The average molecular weight is 138 g/mol. The average Bonchev–Trinajstić information content (AvgIpc) is 2.35. The summed E-state index contributed by atoms with van der Waals surface area (Å²) in [4.78, 5) is 0. The molecular weight excluding hydrogens is 124 g/mol. The van der Waals surface area contributed by atoms with Crippen LogP contribution in [0.5, 0.6) is 0 Å². The monoisotopic (exact) mass is 138 g/mol. The molecule has 3 N–H and O–H groups in total. The van der Waals surface area contributed by atoms with Crippen LogP contribution in [-0.2, 0) is 0 Å². The van der Waals surface area contributed by atoms with E-state index in [1.807, 2.05) is 0 Å². The lowest BCUT2D eigenvalue weighted by atomic mass is 9.96. The van der Waals surface area contributed by atoms with E-state index < -0.39 is 0 Å². The lowest BCUT2D eigenvalue weighted by Crippen LogP contribution is -2.41. The fraction of sp³-hybridized carbons (Fsp3) is 0.750. The number of allylic oxidation sites excluding steroid dienone is 1. The molecule has 0 aromatic heterocycles. The highest BCUT2D eigenvalue weighted by atomic mass is 15.0. The quantitative estimate of drug-likeness (QED) is 0.475. The molecule has 0 amide bonds. The Kier molecular flexibility index (Phi) is 1.17. The maximum Gasteiger partial charge on any atom is 0.0513 e. The number of nitrogens with one attached hydrogen (secondary N) is 1. The van der Waals surface area contributed by atoms with Gasteiger partial charge in [0, 0.05) is 13.1 Å². The van der Waals surface area contributed by atoms with Gasteiger partial charge in [0.2, 0.25) is 0 Å². The molecule has 0 aromatic rings. The summed E-state index contributed by atoms with van der Waals surface area (Å²) in [6.45, 7) is 4.22. The second kappa shape index (κ2) is 1.83. The molecule has 0 unspecified atom stereocenters. The zero-order valence-electron chi connectivity index (χ0n) is 6.41. The SMILES string of the molecule is CC1=C2CNC[C@]2(N)CC1. The van der Waals surface area contributed by atoms with Crippen LogP contribution >= 0.6 is 0 Å². The first-order valence-corrected chi connectivity index (χ1v) is 3.91. The number of hydrogen-bond donors (Lipinski definition) is 2. The van der Waals surface area contributed by atoms with Crippen molar-refractivity contribution >= 4 is 0 Å². The van der Waals surface area contributed by atoms with Crippen LogP contribution in [0.25, 0.3) is 0 Å². The molecule has 2 rings (SSSR count). The molecule has 1 atom stereocenters. The molecule has 0 bridgehead atoms. The van der Waals surface area contributed by atoms with Crippen molar-refractivity contribution in [2.45, 2.75) is 25.3 Å². The highest BCUT2D eigenvalue weighted by Gasteiger charge is 2.38. The molecule has 2 heteroatoms. The van der Waals surface area contributed by atoms with E-state index in [9.17, 15) is 0 Å². The second-order valence-corrected chi connectivity index (χ2v) is 3.52. The van der Waals surface area contributed by atoms with E-state index >= 15 is 0 Å². The Morgan fingerprint density at radius 1 is 1.60 bits per heavy atom. The summed E-state index contributed by atoms with van der Waals surface area (Å²) >= 11 is 0. The predicted octanol–water partition coefficient (Wildman–Crippen LogP) is 0.397. The Hall–Kier alpha value is -0.340. The van der Waals surface area contributed by atoms with Crippen molar-refractivity contribution in [3.63, 3.8) is 0 Å². The fourth-order valence-corrected chi connectivity index (χ4v) is 2.07. The second-order valence-electron chi connectivity index (χ2n) is 3.52. The summed E-state index contributed by atoms with van der Waals surface area (Å²) in [7, 11) is 0. The van der Waals surface area contributed by atoms with Crippen molar-refractivity contribution in [3.05, 3.63) is 11.1 Å². The van der Waals surface area contributed by atoms with E-state index in [1.165, 1.54) is 17.6 Å². The minimum Gasteiger partial charge on any atom is -0.321 e. The number of rotatable bonds is 0. The van der Waals surface area contributed by atoms with Crippen LogP contribution in [-0.4, -0.2) is 18.6 Å². The Labute approximate surface area is 61.5 Å². The van der Waals surface area contributed by atoms with Crippen molar-refractivity contribution in [1.82, 2.24) is 5.32 Å². The third kappa shape index (κ3) is 0.662. The first-order valence-electron chi connectivity index (χ1n) is 3.91. The van der Waals surface area contributed by atoms with E-state index in [1.54, 1.807) is 0 Å². The van der Waals surface area contributed by atoms with Gasteiger partial charge >= 0.3 is 0 Å². The molecule has 1 aliphatic carbocycles. The standard InChI is InChI=1S/C8H14N2/c1-6-2-3-8(9)5-10-4-7(6)8/h10H,2-5,9H2,1H3/t8-/m1/s1. The van der Waals surface area contributed by atoms with Gasteiger partial charge in [-0.05, 0) is 25.3 Å². The molecular formula is C8H14N2. The van der Waals surface area contributed by atoms with Gasteiger partial charge in [0.25, 0.3) is 0 Å². The highest BCUT2D eigenvalue weighted by Crippen LogP contribution is 2.35. The normalized spacial score (nSPS) is 39.0. The van der Waals surface area contributed by atoms with Crippen LogP contribution < -0.4 is 11.1 Å². The molecule has 0 radical (unpaired) electrons. The predicted molar refractivity (Wildman–Crippen MR) is 41.7 cm³/mol. The Morgan fingerprint density at radius 2 is 2.40 bits per heavy atom. The van der Waals surface area contributed by atoms with Crippen LogP contribution in [0.15, 0.2) is 11.1 Å². The van der Waals surface area contributed by atoms with E-state index in [2.05, 4.69) is 12.2 Å². The third-order valence-electron chi connectivity index (χ3n) is 2.80. The van der Waals surface area contributed by atoms with Gasteiger partial charge in [-0.3, -0.25) is 0 Å². The van der Waals surface area contributed by atoms with Crippen LogP contribution in [0.1, 0.15) is 19.8 Å². The van der Waals surface area contributed by atoms with Gasteiger partial charge in [-0.15, -0.1) is 0 Å². The maximum absolute atomic E-state index is 6.13. The summed E-state index contributed by atoms with van der Waals surface area (Å²) in [5.41, 5.74) is 9.18. The van der Waals surface area contributed by atoms with Crippen molar-refractivity contribution < 1.29 is 0 Å². The van der Waals surface area contributed by atoms with E-state index in [0.29, 0.717) is 0 Å². The summed E-state index contributed by atoms with van der Waals surface area (Å²) < 4.78 is 0. The van der Waals surface area contributed by atoms with E-state index in [0.717, 1.165) is 19.5 Å². The molecule has 0 saturated carbocycles. The van der Waals surface area contributed by atoms with Gasteiger partial charge in [-0.1, -0.05) is 5.57 Å². The molecule has 2 aliphatic rings. The van der Waals surface area contributed by atoms with Crippen molar-refractivity contribution in [2.75, 3.05) is 13.1 Å². The third-order valence-corrected chi connectivity index (χ3v) is 2.80. The van der Waals surface area contributed by atoms with Gasteiger partial charge in [0.05, 0.1) is 5.54 Å². The van der Waals surface area contributed by atoms with Crippen molar-refractivity contribution in [3.8, 4) is 0 Å². The smallest absolute Gasteiger partial charge is 0.0513 e. The summed E-state index contributed by atoms with van der Waals surface area (Å²) in [5, 5.41) is 3.31. The lowest BCUT2D eigenvalue weighted by Gasteiger charge is -2.18. The minimum atomic E-state index is 0.0457. The number of fused-ring (bicyclic) bond motifs is 1. The molecule has 1 fully saturated rings. The Balaban J connectivity index is 2.38. The van der Waals surface area contributed by atoms with Gasteiger partial charge in [0.15, 0.2) is 0 Å². The highest BCUT2D eigenvalue weighted by molar-refractivity contribution is 5.36. The Bertz CT molecular complexity index is 195. The minimum absolute atomic E-state index is 0.0457. The van der Waals surface area contributed by atoms with Gasteiger partial charge in [0.1, 0.15) is 0 Å². The summed E-state index contributed by atoms with van der Waals surface area (Å²) in [5.74, 6) is 0. The molecule has 0 spiro atoms. The van der Waals surface area contributed by atoms with Crippen LogP contribution in [0.2, 0.25) is 0 Å². The molecule has 56 valence electrons. The zero-order chi connectivity index (χ0) is 7.19. The van der Waals surface area contributed by atoms with Gasteiger partial charge in [-0.2, -0.15) is 0 Å².